The third kappa shape index (κ3) is 9.91. The van der Waals surface area contributed by atoms with Crippen LogP contribution < -0.4 is 18.9 Å². The molecule has 8 rings (SSSR count). The number of carbonyl (C=O) groups is 2. The summed E-state index contributed by atoms with van der Waals surface area (Å²) in [6, 6.07) is 47.9. The third-order valence-corrected chi connectivity index (χ3v) is 11.6. The van der Waals surface area contributed by atoms with E-state index in [1.165, 1.54) is 109 Å². The van der Waals surface area contributed by atoms with Crippen LogP contribution in [-0.2, 0) is 9.84 Å². The van der Waals surface area contributed by atoms with E-state index >= 15 is 8.42 Å². The minimum Gasteiger partial charge on any atom is -0.457 e. The van der Waals surface area contributed by atoms with Crippen molar-refractivity contribution in [3.8, 4) is 46.0 Å². The standard InChI is InChI=1S/C50H32N2O12S/c53-49(33-11-19-39(20-12-33)61-37-7-3-1-4-8-37)45-31-43(63-41-23-15-35(16-24-41)51(55)56)27-29-47(45)65(59,60)48-30-28-44(64-42-25-17-36(18-26-42)52(57)58)32-46(48)50(54)34-13-21-40(22-14-34)62-38-9-5-2-6-10-38/h1-32H. The Hall–Kier alpha value is -8.95. The van der Waals surface area contributed by atoms with Gasteiger partial charge in [0, 0.05) is 46.5 Å². The number of carbonyl (C=O) groups excluding carboxylic acids is 2. The van der Waals surface area contributed by atoms with Crippen LogP contribution in [0, 0.1) is 20.2 Å². The van der Waals surface area contributed by atoms with Crippen LogP contribution in [0.1, 0.15) is 31.8 Å². The van der Waals surface area contributed by atoms with Crippen molar-refractivity contribution < 1.29 is 46.8 Å². The first-order valence-corrected chi connectivity index (χ1v) is 21.0. The number of nitro benzene ring substituents is 2. The highest BCUT2D eigenvalue weighted by Gasteiger charge is 2.31. The molecule has 8 aromatic carbocycles. The molecule has 0 amide bonds. The van der Waals surface area contributed by atoms with Crippen molar-refractivity contribution in [2.75, 3.05) is 0 Å². The first-order valence-electron chi connectivity index (χ1n) is 19.5. The lowest BCUT2D eigenvalue weighted by molar-refractivity contribution is -0.385. The molecule has 0 heterocycles. The second kappa shape index (κ2) is 18.6. The van der Waals surface area contributed by atoms with Gasteiger partial charge in [0.2, 0.25) is 9.84 Å². The molecule has 0 saturated heterocycles. The van der Waals surface area contributed by atoms with Gasteiger partial charge in [-0.2, -0.15) is 0 Å². The molecule has 0 radical (unpaired) electrons. The zero-order valence-electron chi connectivity index (χ0n) is 33.7. The van der Waals surface area contributed by atoms with E-state index in [-0.39, 0.29) is 56.6 Å². The molecule has 0 saturated carbocycles. The molecule has 0 aliphatic heterocycles. The Balaban J connectivity index is 1.20. The molecule has 14 nitrogen and oxygen atoms in total. The summed E-state index contributed by atoms with van der Waals surface area (Å²) in [7, 11) is -4.77. The maximum Gasteiger partial charge on any atom is 0.269 e. The molecule has 0 unspecified atom stereocenters. The van der Waals surface area contributed by atoms with Crippen LogP contribution in [0.4, 0.5) is 11.4 Å². The molecule has 0 atom stereocenters. The molecule has 0 aromatic heterocycles. The average molecular weight is 885 g/mol. The molecule has 8 aromatic rings. The highest BCUT2D eigenvalue weighted by atomic mass is 32.2. The molecule has 0 spiro atoms. The number of para-hydroxylation sites is 2. The first kappa shape index (κ1) is 42.7. The van der Waals surface area contributed by atoms with Crippen molar-refractivity contribution in [2.24, 2.45) is 0 Å². The van der Waals surface area contributed by atoms with E-state index in [9.17, 15) is 29.8 Å². The number of non-ortho nitro benzene ring substituents is 2. The van der Waals surface area contributed by atoms with E-state index in [1.54, 1.807) is 72.8 Å². The summed E-state index contributed by atoms with van der Waals surface area (Å²) in [5.74, 6) is 0.908. The van der Waals surface area contributed by atoms with Crippen LogP contribution in [0.25, 0.3) is 0 Å². The molecular weight excluding hydrogens is 853 g/mol. The van der Waals surface area contributed by atoms with Crippen LogP contribution in [-0.4, -0.2) is 29.8 Å². The predicted octanol–water partition coefficient (Wildman–Crippen LogP) is 12.0. The van der Waals surface area contributed by atoms with Crippen LogP contribution in [0.2, 0.25) is 0 Å². The topological polar surface area (TPSA) is 191 Å². The fourth-order valence-electron chi connectivity index (χ4n) is 6.54. The lowest BCUT2D eigenvalue weighted by atomic mass is 10.0. The van der Waals surface area contributed by atoms with E-state index in [2.05, 4.69) is 0 Å². The molecule has 0 fully saturated rings. The normalized spacial score (nSPS) is 11.0. The molecular formula is C50H32N2O12S. The van der Waals surface area contributed by atoms with Gasteiger partial charge in [0.1, 0.15) is 46.0 Å². The largest absolute Gasteiger partial charge is 0.457 e. The average Bonchev–Trinajstić information content (AvgIpc) is 3.32. The molecule has 0 aliphatic rings. The Morgan fingerprint density at radius 3 is 0.969 bits per heavy atom. The van der Waals surface area contributed by atoms with Crippen LogP contribution in [0.5, 0.6) is 46.0 Å². The van der Waals surface area contributed by atoms with Gasteiger partial charge in [-0.1, -0.05) is 36.4 Å². The van der Waals surface area contributed by atoms with Gasteiger partial charge in [-0.05, 0) is 133 Å². The highest BCUT2D eigenvalue weighted by Crippen LogP contribution is 2.37. The number of rotatable bonds is 16. The van der Waals surface area contributed by atoms with Crippen molar-refractivity contribution in [3.63, 3.8) is 0 Å². The number of ketones is 2. The molecule has 15 heteroatoms. The van der Waals surface area contributed by atoms with E-state index in [4.69, 9.17) is 18.9 Å². The fourth-order valence-corrected chi connectivity index (χ4v) is 8.15. The smallest absolute Gasteiger partial charge is 0.269 e. The van der Waals surface area contributed by atoms with Gasteiger partial charge >= 0.3 is 0 Å². The Labute approximate surface area is 370 Å². The fraction of sp³-hybridized carbons (Fsp3) is 0. The molecule has 320 valence electrons. The summed E-state index contributed by atoms with van der Waals surface area (Å²) in [6.45, 7) is 0. The van der Waals surface area contributed by atoms with E-state index in [0.29, 0.717) is 23.0 Å². The Morgan fingerprint density at radius 2 is 0.646 bits per heavy atom. The summed E-state index contributed by atoms with van der Waals surface area (Å²) in [4.78, 5) is 49.4. The molecule has 0 N–H and O–H groups in total. The zero-order chi connectivity index (χ0) is 45.5. The van der Waals surface area contributed by atoms with E-state index < -0.39 is 41.0 Å². The number of nitrogens with zero attached hydrogens (tertiary/aromatic N) is 2. The maximum atomic E-state index is 15.0. The highest BCUT2D eigenvalue weighted by molar-refractivity contribution is 7.91. The molecule has 0 aliphatic carbocycles. The third-order valence-electron chi connectivity index (χ3n) is 9.73. The van der Waals surface area contributed by atoms with Crippen molar-refractivity contribution >= 4 is 32.8 Å². The summed E-state index contributed by atoms with van der Waals surface area (Å²) in [5.41, 5.74) is -0.799. The summed E-state index contributed by atoms with van der Waals surface area (Å²) in [6.07, 6.45) is 0. The van der Waals surface area contributed by atoms with Gasteiger partial charge in [-0.25, -0.2) is 8.42 Å². The lowest BCUT2D eigenvalue weighted by Gasteiger charge is -2.16. The lowest BCUT2D eigenvalue weighted by Crippen LogP contribution is -2.15. The van der Waals surface area contributed by atoms with Gasteiger partial charge < -0.3 is 18.9 Å². The summed E-state index contributed by atoms with van der Waals surface area (Å²) in [5, 5.41) is 22.5. The van der Waals surface area contributed by atoms with Crippen molar-refractivity contribution in [1.82, 2.24) is 0 Å². The number of ether oxygens (including phenoxy) is 4. The number of nitro groups is 2. The minimum absolute atomic E-state index is 0.0335. The number of benzene rings is 8. The second-order valence-corrected chi connectivity index (χ2v) is 15.9. The van der Waals surface area contributed by atoms with Crippen LogP contribution in [0.15, 0.2) is 204 Å². The second-order valence-electron chi connectivity index (χ2n) is 14.1. The Kier molecular flexibility index (Phi) is 12.2. The summed E-state index contributed by atoms with van der Waals surface area (Å²) >= 11 is 0. The van der Waals surface area contributed by atoms with Gasteiger partial charge in [-0.15, -0.1) is 0 Å². The molecule has 65 heavy (non-hydrogen) atoms. The van der Waals surface area contributed by atoms with E-state index in [1.807, 2.05) is 12.1 Å². The summed E-state index contributed by atoms with van der Waals surface area (Å²) < 4.78 is 53.8. The number of hydrogen-bond donors (Lipinski definition) is 0. The van der Waals surface area contributed by atoms with Gasteiger partial charge in [0.15, 0.2) is 11.6 Å². The number of sulfone groups is 1. The monoisotopic (exact) mass is 884 g/mol. The van der Waals surface area contributed by atoms with Crippen LogP contribution in [0.3, 0.4) is 0 Å². The van der Waals surface area contributed by atoms with Gasteiger partial charge in [0.05, 0.1) is 19.6 Å². The quantitative estimate of drug-likeness (QED) is 0.0507. The number of hydrogen-bond acceptors (Lipinski definition) is 12. The molecule has 0 bridgehead atoms. The maximum absolute atomic E-state index is 15.0. The van der Waals surface area contributed by atoms with E-state index in [0.717, 1.165) is 0 Å². The van der Waals surface area contributed by atoms with Gasteiger partial charge in [0.25, 0.3) is 11.4 Å². The van der Waals surface area contributed by atoms with Crippen molar-refractivity contribution in [3.05, 3.63) is 237 Å². The minimum atomic E-state index is -4.77. The Bertz CT molecular complexity index is 2950. The van der Waals surface area contributed by atoms with Crippen LogP contribution >= 0.6 is 0 Å². The SMILES string of the molecule is O=C(c1ccc(Oc2ccccc2)cc1)c1cc(Oc2ccc([N+](=O)[O-])cc2)ccc1S(=O)(=O)c1ccc(Oc2ccc([N+](=O)[O-])cc2)cc1C(=O)c1ccc(Oc2ccccc2)cc1. The van der Waals surface area contributed by atoms with Gasteiger partial charge in [-0.3, -0.25) is 29.8 Å². The predicted molar refractivity (Wildman–Crippen MR) is 237 cm³/mol. The zero-order valence-corrected chi connectivity index (χ0v) is 34.5. The van der Waals surface area contributed by atoms with Crippen molar-refractivity contribution in [2.45, 2.75) is 9.79 Å². The first-order chi connectivity index (χ1) is 31.4. The van der Waals surface area contributed by atoms with Crippen molar-refractivity contribution in [1.29, 1.82) is 0 Å². The Morgan fingerprint density at radius 1 is 0.369 bits per heavy atom.